The SMILES string of the molecule is COc1ccc(-c2cc(=O)c3c(OC)c(C4OC(C(=O)O)C(O)C(O)C4O)c(CO)cc3o2)cc1OC. The molecule has 0 amide bonds. The molecular formula is C25H26O12. The molecule has 1 saturated heterocycles. The zero-order valence-electron chi connectivity index (χ0n) is 20.1. The molecule has 12 heteroatoms. The fraction of sp³-hybridized carbons (Fsp3) is 0.360. The molecule has 37 heavy (non-hydrogen) atoms. The van der Waals surface area contributed by atoms with E-state index in [0.717, 1.165) is 0 Å². The first kappa shape index (κ1) is 26.4. The molecular weight excluding hydrogens is 492 g/mol. The molecule has 0 saturated carbocycles. The Kier molecular flexibility index (Phi) is 7.39. The Labute approximate surface area is 209 Å². The molecule has 1 aliphatic heterocycles. The Morgan fingerprint density at radius 3 is 2.24 bits per heavy atom. The summed E-state index contributed by atoms with van der Waals surface area (Å²) in [6.45, 7) is -0.644. The van der Waals surface area contributed by atoms with Gasteiger partial charge in [0, 0.05) is 17.2 Å². The molecule has 1 aliphatic rings. The zero-order valence-corrected chi connectivity index (χ0v) is 20.1. The first-order chi connectivity index (χ1) is 17.7. The number of carboxylic acid groups (broad SMARTS) is 1. The van der Waals surface area contributed by atoms with Crippen LogP contribution < -0.4 is 19.6 Å². The van der Waals surface area contributed by atoms with Crippen molar-refractivity contribution in [2.24, 2.45) is 0 Å². The Bertz CT molecular complexity index is 1380. The summed E-state index contributed by atoms with van der Waals surface area (Å²) in [5, 5.41) is 50.4. The summed E-state index contributed by atoms with van der Waals surface area (Å²) < 4.78 is 27.4. The molecule has 1 aromatic heterocycles. The second-order valence-electron chi connectivity index (χ2n) is 8.35. The van der Waals surface area contributed by atoms with Crippen molar-refractivity contribution in [3.8, 4) is 28.6 Å². The van der Waals surface area contributed by atoms with Gasteiger partial charge in [0.1, 0.15) is 46.9 Å². The van der Waals surface area contributed by atoms with Gasteiger partial charge >= 0.3 is 5.97 Å². The molecule has 0 spiro atoms. The van der Waals surface area contributed by atoms with E-state index < -0.39 is 48.5 Å². The highest BCUT2D eigenvalue weighted by atomic mass is 16.6. The molecule has 5 atom stereocenters. The number of hydrogen-bond donors (Lipinski definition) is 5. The molecule has 12 nitrogen and oxygen atoms in total. The lowest BCUT2D eigenvalue weighted by Gasteiger charge is -2.40. The first-order valence-electron chi connectivity index (χ1n) is 11.1. The number of aliphatic carboxylic acids is 1. The number of carboxylic acids is 1. The van der Waals surface area contributed by atoms with Crippen molar-refractivity contribution in [2.75, 3.05) is 21.3 Å². The lowest BCUT2D eigenvalue weighted by molar-refractivity contribution is -0.230. The van der Waals surface area contributed by atoms with Gasteiger partial charge in [0.05, 0.1) is 27.9 Å². The monoisotopic (exact) mass is 518 g/mol. The third-order valence-corrected chi connectivity index (χ3v) is 6.28. The third-order valence-electron chi connectivity index (χ3n) is 6.28. The summed E-state index contributed by atoms with van der Waals surface area (Å²) in [5.74, 6) is -0.667. The molecule has 3 aromatic rings. The van der Waals surface area contributed by atoms with Gasteiger partial charge in [0.25, 0.3) is 0 Å². The van der Waals surface area contributed by atoms with Gasteiger partial charge in [-0.1, -0.05) is 0 Å². The Hall–Kier alpha value is -3.68. The van der Waals surface area contributed by atoms with Gasteiger partial charge < -0.3 is 48.9 Å². The van der Waals surface area contributed by atoms with Gasteiger partial charge in [-0.15, -0.1) is 0 Å². The largest absolute Gasteiger partial charge is 0.495 e. The van der Waals surface area contributed by atoms with Gasteiger partial charge in [-0.05, 0) is 29.8 Å². The Morgan fingerprint density at radius 1 is 0.946 bits per heavy atom. The summed E-state index contributed by atoms with van der Waals surface area (Å²) in [6, 6.07) is 7.47. The Morgan fingerprint density at radius 2 is 1.65 bits per heavy atom. The average molecular weight is 518 g/mol. The fourth-order valence-electron chi connectivity index (χ4n) is 4.46. The number of rotatable bonds is 7. The second kappa shape index (κ2) is 10.4. The minimum Gasteiger partial charge on any atom is -0.495 e. The molecule has 0 aliphatic carbocycles. The Balaban J connectivity index is 1.92. The van der Waals surface area contributed by atoms with Gasteiger partial charge in [-0.25, -0.2) is 4.79 Å². The molecule has 0 radical (unpaired) electrons. The van der Waals surface area contributed by atoms with E-state index >= 15 is 0 Å². The van der Waals surface area contributed by atoms with Crippen molar-refractivity contribution in [3.05, 3.63) is 51.7 Å². The minimum absolute atomic E-state index is 0.0302. The first-order valence-corrected chi connectivity index (χ1v) is 11.1. The van der Waals surface area contributed by atoms with Crippen LogP contribution in [0, 0.1) is 0 Å². The van der Waals surface area contributed by atoms with Crippen LogP contribution >= 0.6 is 0 Å². The van der Waals surface area contributed by atoms with Crippen LogP contribution in [-0.4, -0.2) is 77.2 Å². The lowest BCUT2D eigenvalue weighted by Crippen LogP contribution is -2.56. The average Bonchev–Trinajstić information content (AvgIpc) is 2.90. The number of aliphatic hydroxyl groups excluding tert-OH is 4. The van der Waals surface area contributed by atoms with Crippen molar-refractivity contribution in [2.45, 2.75) is 37.1 Å². The number of fused-ring (bicyclic) bond motifs is 1. The third kappa shape index (κ3) is 4.49. The topological polar surface area (TPSA) is 185 Å². The highest BCUT2D eigenvalue weighted by molar-refractivity contribution is 5.88. The molecule has 2 heterocycles. The van der Waals surface area contributed by atoms with E-state index in [2.05, 4.69) is 0 Å². The summed E-state index contributed by atoms with van der Waals surface area (Å²) in [4.78, 5) is 24.9. The highest BCUT2D eigenvalue weighted by Crippen LogP contribution is 2.43. The van der Waals surface area contributed by atoms with Crippen LogP contribution in [0.1, 0.15) is 17.2 Å². The van der Waals surface area contributed by atoms with Crippen LogP contribution in [0.25, 0.3) is 22.3 Å². The minimum atomic E-state index is -1.91. The normalized spacial score (nSPS) is 23.6. The van der Waals surface area contributed by atoms with Gasteiger partial charge in [-0.2, -0.15) is 0 Å². The maximum absolute atomic E-state index is 13.3. The number of ether oxygens (including phenoxy) is 4. The van der Waals surface area contributed by atoms with E-state index in [0.29, 0.717) is 17.1 Å². The van der Waals surface area contributed by atoms with Gasteiger partial charge in [0.2, 0.25) is 0 Å². The summed E-state index contributed by atoms with van der Waals surface area (Å²) >= 11 is 0. The van der Waals surface area contributed by atoms with Gasteiger partial charge in [0.15, 0.2) is 23.0 Å². The fourth-order valence-corrected chi connectivity index (χ4v) is 4.46. The molecule has 1 fully saturated rings. The number of hydrogen-bond acceptors (Lipinski definition) is 11. The van der Waals surface area contributed by atoms with Crippen molar-refractivity contribution >= 4 is 16.9 Å². The van der Waals surface area contributed by atoms with E-state index in [-0.39, 0.29) is 33.6 Å². The summed E-state index contributed by atoms with van der Waals surface area (Å²) in [6.07, 6.45) is -9.07. The maximum atomic E-state index is 13.3. The lowest BCUT2D eigenvalue weighted by atomic mass is 9.87. The van der Waals surface area contributed by atoms with Crippen molar-refractivity contribution in [1.82, 2.24) is 0 Å². The number of benzene rings is 2. The molecule has 4 rings (SSSR count). The van der Waals surface area contributed by atoms with E-state index in [4.69, 9.17) is 23.4 Å². The van der Waals surface area contributed by atoms with Crippen molar-refractivity contribution < 1.29 is 53.7 Å². The number of methoxy groups -OCH3 is 3. The molecule has 2 aromatic carbocycles. The quantitative estimate of drug-likeness (QED) is 0.293. The standard InChI is InChI=1S/C25H26O12/c1-33-13-5-4-10(6-15(13)34-2)14-8-12(27)18-16(36-14)7-11(9-26)17(22(18)35-3)23-20(29)19(28)21(30)24(37-23)25(31)32/h4-8,19-21,23-24,26,28-30H,9H2,1-3H3,(H,31,32). The molecule has 198 valence electrons. The van der Waals surface area contributed by atoms with E-state index in [1.807, 2.05) is 0 Å². The van der Waals surface area contributed by atoms with Crippen LogP contribution in [0.15, 0.2) is 39.5 Å². The van der Waals surface area contributed by atoms with Crippen LogP contribution in [0.2, 0.25) is 0 Å². The van der Waals surface area contributed by atoms with Crippen molar-refractivity contribution in [1.29, 1.82) is 0 Å². The molecule has 5 N–H and O–H groups in total. The van der Waals surface area contributed by atoms with E-state index in [9.17, 15) is 35.1 Å². The zero-order chi connectivity index (χ0) is 27.0. The van der Waals surface area contributed by atoms with E-state index in [1.54, 1.807) is 18.2 Å². The maximum Gasteiger partial charge on any atom is 0.335 e. The summed E-state index contributed by atoms with van der Waals surface area (Å²) in [5.41, 5.74) is -0.00307. The summed E-state index contributed by atoms with van der Waals surface area (Å²) in [7, 11) is 4.18. The molecule has 5 unspecified atom stereocenters. The van der Waals surface area contributed by atoms with E-state index in [1.165, 1.54) is 33.5 Å². The van der Waals surface area contributed by atoms with Crippen molar-refractivity contribution in [3.63, 3.8) is 0 Å². The number of aliphatic hydroxyl groups is 4. The van der Waals surface area contributed by atoms with Crippen LogP contribution in [-0.2, 0) is 16.1 Å². The predicted molar refractivity (Wildman–Crippen MR) is 127 cm³/mol. The highest BCUT2D eigenvalue weighted by Gasteiger charge is 2.49. The van der Waals surface area contributed by atoms with Crippen LogP contribution in [0.4, 0.5) is 0 Å². The van der Waals surface area contributed by atoms with Crippen LogP contribution in [0.3, 0.4) is 0 Å². The van der Waals surface area contributed by atoms with Gasteiger partial charge in [-0.3, -0.25) is 4.79 Å². The predicted octanol–water partition coefficient (Wildman–Crippen LogP) is 0.585. The molecule has 0 bridgehead atoms. The smallest absolute Gasteiger partial charge is 0.335 e. The second-order valence-corrected chi connectivity index (χ2v) is 8.35. The van der Waals surface area contributed by atoms with Crippen LogP contribution in [0.5, 0.6) is 17.2 Å². The number of carbonyl (C=O) groups is 1.